The second kappa shape index (κ2) is 10.5. The molecule has 0 bridgehead atoms. The quantitative estimate of drug-likeness (QED) is 0.487. The molecule has 9 nitrogen and oxygen atoms in total. The fourth-order valence-electron chi connectivity index (χ4n) is 2.84. The van der Waals surface area contributed by atoms with E-state index in [-0.39, 0.29) is 28.5 Å². The first-order valence-electron chi connectivity index (χ1n) is 9.84. The molecule has 0 aliphatic heterocycles. The van der Waals surface area contributed by atoms with Crippen LogP contribution in [0.4, 0.5) is 5.69 Å². The van der Waals surface area contributed by atoms with Crippen LogP contribution in [0.3, 0.4) is 0 Å². The molecule has 2 N–H and O–H groups in total. The molecule has 10 heteroatoms. The van der Waals surface area contributed by atoms with Gasteiger partial charge in [-0.3, -0.25) is 9.59 Å². The Morgan fingerprint density at radius 1 is 0.939 bits per heavy atom. The summed E-state index contributed by atoms with van der Waals surface area (Å²) in [5.41, 5.74) is 1.41. The highest BCUT2D eigenvalue weighted by atomic mass is 32.2. The van der Waals surface area contributed by atoms with Crippen LogP contribution in [0.15, 0.2) is 77.8 Å². The van der Waals surface area contributed by atoms with Gasteiger partial charge in [0, 0.05) is 18.3 Å². The van der Waals surface area contributed by atoms with E-state index in [1.54, 1.807) is 0 Å². The minimum atomic E-state index is -4.16. The maximum absolute atomic E-state index is 12.5. The third-order valence-corrected chi connectivity index (χ3v) is 5.93. The first-order valence-corrected chi connectivity index (χ1v) is 11.3. The van der Waals surface area contributed by atoms with E-state index in [1.165, 1.54) is 43.5 Å². The molecule has 0 saturated carbocycles. The van der Waals surface area contributed by atoms with Crippen molar-refractivity contribution in [2.24, 2.45) is 0 Å². The Morgan fingerprint density at radius 3 is 2.24 bits per heavy atom. The van der Waals surface area contributed by atoms with Crippen molar-refractivity contribution >= 4 is 33.5 Å². The minimum absolute atomic E-state index is 0.0155. The molecule has 1 aromatic heterocycles. The van der Waals surface area contributed by atoms with Crippen molar-refractivity contribution in [3.05, 3.63) is 89.7 Å². The van der Waals surface area contributed by atoms with Gasteiger partial charge in [-0.1, -0.05) is 30.3 Å². The molecule has 0 saturated heterocycles. The Balaban J connectivity index is 1.59. The van der Waals surface area contributed by atoms with Crippen LogP contribution < -0.4 is 10.0 Å². The second-order valence-corrected chi connectivity index (χ2v) is 8.60. The van der Waals surface area contributed by atoms with E-state index in [4.69, 9.17) is 0 Å². The number of nitrogens with zero attached hydrogens (tertiary/aromatic N) is 1. The molecule has 3 aromatic rings. The zero-order valence-electron chi connectivity index (χ0n) is 17.6. The molecular formula is C23H21N3O6S. The number of nitrogens with one attached hydrogen (secondary N) is 2. The van der Waals surface area contributed by atoms with Crippen molar-refractivity contribution in [3.63, 3.8) is 0 Å². The Hall–Kier alpha value is -4.05. The highest BCUT2D eigenvalue weighted by molar-refractivity contribution is 7.90. The molecule has 0 aliphatic carbocycles. The van der Waals surface area contributed by atoms with Crippen LogP contribution in [0.2, 0.25) is 0 Å². The van der Waals surface area contributed by atoms with E-state index in [9.17, 15) is 22.8 Å². The van der Waals surface area contributed by atoms with Crippen LogP contribution in [0.25, 0.3) is 0 Å². The molecule has 1 heterocycles. The number of esters is 1. The summed E-state index contributed by atoms with van der Waals surface area (Å²) in [7, 11) is -2.97. The van der Waals surface area contributed by atoms with Crippen molar-refractivity contribution in [2.75, 3.05) is 12.4 Å². The van der Waals surface area contributed by atoms with Crippen LogP contribution in [0, 0.1) is 0 Å². The smallest absolute Gasteiger partial charge is 0.356 e. The van der Waals surface area contributed by atoms with Gasteiger partial charge in [-0.2, -0.15) is 0 Å². The van der Waals surface area contributed by atoms with Crippen LogP contribution >= 0.6 is 0 Å². The molecule has 0 fully saturated rings. The number of rotatable bonds is 8. The van der Waals surface area contributed by atoms with Crippen LogP contribution in [-0.2, 0) is 26.0 Å². The van der Waals surface area contributed by atoms with Crippen molar-refractivity contribution in [1.82, 2.24) is 9.71 Å². The average Bonchev–Trinajstić information content (AvgIpc) is 2.83. The summed E-state index contributed by atoms with van der Waals surface area (Å²) in [6.45, 7) is 0. The predicted octanol–water partition coefficient (Wildman–Crippen LogP) is 2.56. The number of hydrogen-bond donors (Lipinski definition) is 2. The SMILES string of the molecule is COC(=O)c1ccc(C(=O)NS(=O)(=O)c2ccc(NC(=O)CCc3ccccc3)cc2)cn1. The summed E-state index contributed by atoms with van der Waals surface area (Å²) in [5, 5.41) is 2.71. The van der Waals surface area contributed by atoms with E-state index in [1.807, 2.05) is 35.1 Å². The number of aryl methyl sites for hydroxylation is 1. The zero-order valence-corrected chi connectivity index (χ0v) is 18.5. The summed E-state index contributed by atoms with van der Waals surface area (Å²) in [6, 6.07) is 17.5. The van der Waals surface area contributed by atoms with Crippen molar-refractivity contribution < 1.29 is 27.5 Å². The van der Waals surface area contributed by atoms with Gasteiger partial charge in [0.1, 0.15) is 5.69 Å². The molecule has 0 radical (unpaired) electrons. The number of amides is 2. The Morgan fingerprint density at radius 2 is 1.64 bits per heavy atom. The number of sulfonamides is 1. The van der Waals surface area contributed by atoms with Gasteiger partial charge < -0.3 is 10.1 Å². The second-order valence-electron chi connectivity index (χ2n) is 6.92. The van der Waals surface area contributed by atoms with E-state index in [0.717, 1.165) is 11.8 Å². The summed E-state index contributed by atoms with van der Waals surface area (Å²) < 4.78 is 31.5. The number of carbonyl (C=O) groups is 3. The molecule has 0 atom stereocenters. The lowest BCUT2D eigenvalue weighted by Crippen LogP contribution is -2.30. The highest BCUT2D eigenvalue weighted by Gasteiger charge is 2.19. The van der Waals surface area contributed by atoms with E-state index >= 15 is 0 Å². The number of hydrogen-bond acceptors (Lipinski definition) is 7. The van der Waals surface area contributed by atoms with Gasteiger partial charge in [0.25, 0.3) is 15.9 Å². The minimum Gasteiger partial charge on any atom is -0.464 e. The summed E-state index contributed by atoms with van der Waals surface area (Å²) in [4.78, 5) is 39.4. The predicted molar refractivity (Wildman–Crippen MR) is 120 cm³/mol. The van der Waals surface area contributed by atoms with Gasteiger partial charge in [0.05, 0.1) is 17.6 Å². The normalized spacial score (nSPS) is 10.8. The highest BCUT2D eigenvalue weighted by Crippen LogP contribution is 2.15. The molecule has 0 unspecified atom stereocenters. The van der Waals surface area contributed by atoms with Crippen LogP contribution in [0.5, 0.6) is 0 Å². The van der Waals surface area contributed by atoms with Gasteiger partial charge in [0.2, 0.25) is 5.91 Å². The monoisotopic (exact) mass is 467 g/mol. The molecule has 0 spiro atoms. The molecular weight excluding hydrogens is 446 g/mol. The molecule has 3 rings (SSSR count). The first kappa shape index (κ1) is 23.6. The maximum Gasteiger partial charge on any atom is 0.356 e. The summed E-state index contributed by atoms with van der Waals surface area (Å²) in [5.74, 6) is -1.79. The summed E-state index contributed by atoms with van der Waals surface area (Å²) >= 11 is 0. The van der Waals surface area contributed by atoms with Crippen molar-refractivity contribution in [1.29, 1.82) is 0 Å². The Labute approximate surface area is 190 Å². The van der Waals surface area contributed by atoms with Gasteiger partial charge in [-0.05, 0) is 48.4 Å². The van der Waals surface area contributed by atoms with E-state index < -0.39 is 21.9 Å². The Kier molecular flexibility index (Phi) is 7.52. The molecule has 2 aromatic carbocycles. The largest absolute Gasteiger partial charge is 0.464 e. The number of anilines is 1. The Bertz CT molecular complexity index is 1240. The van der Waals surface area contributed by atoms with E-state index in [0.29, 0.717) is 12.1 Å². The average molecular weight is 468 g/mol. The maximum atomic E-state index is 12.5. The molecule has 33 heavy (non-hydrogen) atoms. The van der Waals surface area contributed by atoms with Gasteiger partial charge >= 0.3 is 5.97 Å². The third kappa shape index (κ3) is 6.47. The third-order valence-electron chi connectivity index (χ3n) is 4.58. The zero-order chi connectivity index (χ0) is 23.8. The number of pyridine rings is 1. The van der Waals surface area contributed by atoms with Crippen LogP contribution in [0.1, 0.15) is 32.8 Å². The fraction of sp³-hybridized carbons (Fsp3) is 0.130. The number of methoxy groups -OCH3 is 1. The lowest BCUT2D eigenvalue weighted by molar-refractivity contribution is -0.116. The van der Waals surface area contributed by atoms with E-state index in [2.05, 4.69) is 15.0 Å². The lowest BCUT2D eigenvalue weighted by atomic mass is 10.1. The molecule has 170 valence electrons. The molecule has 2 amide bonds. The number of aromatic nitrogens is 1. The van der Waals surface area contributed by atoms with Gasteiger partial charge in [-0.25, -0.2) is 22.9 Å². The topological polar surface area (TPSA) is 132 Å². The van der Waals surface area contributed by atoms with Crippen molar-refractivity contribution in [3.8, 4) is 0 Å². The van der Waals surface area contributed by atoms with Gasteiger partial charge in [-0.15, -0.1) is 0 Å². The number of carbonyl (C=O) groups excluding carboxylic acids is 3. The number of benzene rings is 2. The van der Waals surface area contributed by atoms with Crippen molar-refractivity contribution in [2.45, 2.75) is 17.7 Å². The molecule has 0 aliphatic rings. The van der Waals surface area contributed by atoms with Crippen LogP contribution in [-0.4, -0.2) is 38.3 Å². The summed E-state index contributed by atoms with van der Waals surface area (Å²) in [6.07, 6.45) is 1.94. The standard InChI is InChI=1S/C23H21N3O6S/c1-32-23(29)20-13-8-17(15-24-20)22(28)26-33(30,31)19-11-9-18(10-12-19)25-21(27)14-7-16-5-3-2-4-6-16/h2-6,8-13,15H,7,14H2,1H3,(H,25,27)(H,26,28). The number of ether oxygens (including phenoxy) is 1. The van der Waals surface area contributed by atoms with Gasteiger partial charge in [0.15, 0.2) is 0 Å². The lowest BCUT2D eigenvalue weighted by Gasteiger charge is -2.09. The first-order chi connectivity index (χ1) is 15.8. The fourth-order valence-corrected chi connectivity index (χ4v) is 3.81.